The van der Waals surface area contributed by atoms with Crippen LogP contribution in [-0.2, 0) is 11.3 Å². The van der Waals surface area contributed by atoms with E-state index in [1.165, 1.54) is 5.56 Å². The Morgan fingerprint density at radius 2 is 1.78 bits per heavy atom. The lowest BCUT2D eigenvalue weighted by molar-refractivity contribution is -0.121. The summed E-state index contributed by atoms with van der Waals surface area (Å²) in [5.41, 5.74) is 5.31. The molecule has 1 fully saturated rings. The molecule has 3 nitrogen and oxygen atoms in total. The summed E-state index contributed by atoms with van der Waals surface area (Å²) in [7, 11) is 0. The molecule has 1 heterocycles. The number of hydrogen-bond donors (Lipinski definition) is 1. The predicted molar refractivity (Wildman–Crippen MR) is 114 cm³/mol. The second-order valence-corrected chi connectivity index (χ2v) is 8.35. The number of anilines is 1. The Balaban J connectivity index is 1.68. The van der Waals surface area contributed by atoms with Crippen molar-refractivity contribution in [2.24, 2.45) is 5.92 Å². The minimum absolute atomic E-state index is 0.0277. The molecule has 1 atom stereocenters. The summed E-state index contributed by atoms with van der Waals surface area (Å²) < 4.78 is 0. The van der Waals surface area contributed by atoms with Gasteiger partial charge in [-0.3, -0.25) is 9.69 Å². The molecule has 0 bridgehead atoms. The van der Waals surface area contributed by atoms with Crippen LogP contribution in [-0.4, -0.2) is 23.9 Å². The van der Waals surface area contributed by atoms with Crippen molar-refractivity contribution in [3.05, 3.63) is 62.6 Å². The van der Waals surface area contributed by atoms with E-state index in [9.17, 15) is 4.79 Å². The number of nitrogens with zero attached hydrogens (tertiary/aromatic N) is 1. The van der Waals surface area contributed by atoms with Crippen LogP contribution in [0.25, 0.3) is 0 Å². The van der Waals surface area contributed by atoms with E-state index in [1.807, 2.05) is 32.0 Å². The van der Waals surface area contributed by atoms with Gasteiger partial charge in [0.1, 0.15) is 0 Å². The van der Waals surface area contributed by atoms with Crippen LogP contribution in [0.2, 0.25) is 10.0 Å². The third-order valence-electron chi connectivity index (χ3n) is 5.24. The molecule has 0 saturated carbocycles. The highest BCUT2D eigenvalue weighted by molar-refractivity contribution is 6.35. The van der Waals surface area contributed by atoms with Crippen molar-refractivity contribution in [2.75, 3.05) is 18.4 Å². The molecule has 1 aliphatic rings. The number of carbonyl (C=O) groups excluding carboxylic acids is 1. The van der Waals surface area contributed by atoms with Crippen molar-refractivity contribution < 1.29 is 4.79 Å². The van der Waals surface area contributed by atoms with Crippen molar-refractivity contribution in [3.8, 4) is 0 Å². The number of amides is 1. The van der Waals surface area contributed by atoms with E-state index >= 15 is 0 Å². The first kappa shape index (κ1) is 20.2. The SMILES string of the molecule is Cc1cc(C)c(NC(=O)[C@@H]2CCCN(Cc3c(Cl)cccc3Cl)C2)c(C)c1. The number of hydrogen-bond acceptors (Lipinski definition) is 2. The van der Waals surface area contributed by atoms with Gasteiger partial charge in [0.25, 0.3) is 0 Å². The van der Waals surface area contributed by atoms with Crippen LogP contribution >= 0.6 is 23.2 Å². The second-order valence-electron chi connectivity index (χ2n) is 7.54. The molecule has 2 aromatic carbocycles. The Kier molecular flexibility index (Phi) is 6.46. The predicted octanol–water partition coefficient (Wildman–Crippen LogP) is 5.77. The van der Waals surface area contributed by atoms with Crippen LogP contribution in [0.5, 0.6) is 0 Å². The van der Waals surface area contributed by atoms with Gasteiger partial charge in [-0.1, -0.05) is 47.0 Å². The molecule has 144 valence electrons. The molecular formula is C22H26Cl2N2O. The number of piperidine rings is 1. The first-order valence-corrected chi connectivity index (χ1v) is 10.1. The third kappa shape index (κ3) is 4.84. The normalized spacial score (nSPS) is 17.7. The number of halogens is 2. The highest BCUT2D eigenvalue weighted by Crippen LogP contribution is 2.29. The average Bonchev–Trinajstić information content (AvgIpc) is 2.61. The number of aryl methyl sites for hydroxylation is 3. The summed E-state index contributed by atoms with van der Waals surface area (Å²) in [6.07, 6.45) is 1.90. The van der Waals surface area contributed by atoms with E-state index in [0.717, 1.165) is 48.3 Å². The zero-order valence-corrected chi connectivity index (χ0v) is 17.6. The van der Waals surface area contributed by atoms with E-state index < -0.39 is 0 Å². The summed E-state index contributed by atoms with van der Waals surface area (Å²) in [5, 5.41) is 4.53. The fourth-order valence-corrected chi connectivity index (χ4v) is 4.44. The summed E-state index contributed by atoms with van der Waals surface area (Å²) in [4.78, 5) is 15.2. The van der Waals surface area contributed by atoms with Crippen LogP contribution < -0.4 is 5.32 Å². The molecule has 1 aliphatic heterocycles. The average molecular weight is 405 g/mol. The molecule has 0 unspecified atom stereocenters. The smallest absolute Gasteiger partial charge is 0.228 e. The zero-order valence-electron chi connectivity index (χ0n) is 16.1. The highest BCUT2D eigenvalue weighted by atomic mass is 35.5. The second kappa shape index (κ2) is 8.64. The van der Waals surface area contributed by atoms with Gasteiger partial charge in [0.2, 0.25) is 5.91 Å². The van der Waals surface area contributed by atoms with E-state index in [-0.39, 0.29) is 11.8 Å². The van der Waals surface area contributed by atoms with Gasteiger partial charge in [-0.2, -0.15) is 0 Å². The van der Waals surface area contributed by atoms with Gasteiger partial charge >= 0.3 is 0 Å². The van der Waals surface area contributed by atoms with Crippen LogP contribution in [0, 0.1) is 26.7 Å². The van der Waals surface area contributed by atoms with Crippen LogP contribution in [0.4, 0.5) is 5.69 Å². The maximum Gasteiger partial charge on any atom is 0.228 e. The minimum atomic E-state index is -0.0277. The number of nitrogens with one attached hydrogen (secondary N) is 1. The summed E-state index contributed by atoms with van der Waals surface area (Å²) in [6, 6.07) is 9.79. The molecule has 3 rings (SSSR count). The minimum Gasteiger partial charge on any atom is -0.325 e. The molecule has 5 heteroatoms. The number of rotatable bonds is 4. The van der Waals surface area contributed by atoms with E-state index in [1.54, 1.807) is 0 Å². The van der Waals surface area contributed by atoms with Crippen LogP contribution in [0.1, 0.15) is 35.1 Å². The molecule has 0 aliphatic carbocycles. The van der Waals surface area contributed by atoms with E-state index in [2.05, 4.69) is 29.3 Å². The quantitative estimate of drug-likeness (QED) is 0.701. The monoisotopic (exact) mass is 404 g/mol. The van der Waals surface area contributed by atoms with Crippen LogP contribution in [0.3, 0.4) is 0 Å². The van der Waals surface area contributed by atoms with Crippen molar-refractivity contribution in [2.45, 2.75) is 40.2 Å². The Hall–Kier alpha value is -1.55. The number of carbonyl (C=O) groups is 1. The van der Waals surface area contributed by atoms with Crippen molar-refractivity contribution in [1.82, 2.24) is 4.90 Å². The summed E-state index contributed by atoms with van der Waals surface area (Å²) >= 11 is 12.6. The lowest BCUT2D eigenvalue weighted by Gasteiger charge is -2.32. The topological polar surface area (TPSA) is 32.3 Å². The molecular weight excluding hydrogens is 379 g/mol. The summed E-state index contributed by atoms with van der Waals surface area (Å²) in [5.74, 6) is 0.0696. The van der Waals surface area contributed by atoms with Gasteiger partial charge in [0.15, 0.2) is 0 Å². The van der Waals surface area contributed by atoms with Gasteiger partial charge < -0.3 is 5.32 Å². The van der Waals surface area contributed by atoms with Gasteiger partial charge in [-0.15, -0.1) is 0 Å². The third-order valence-corrected chi connectivity index (χ3v) is 5.95. The molecule has 27 heavy (non-hydrogen) atoms. The van der Waals surface area contributed by atoms with Crippen LogP contribution in [0.15, 0.2) is 30.3 Å². The van der Waals surface area contributed by atoms with E-state index in [0.29, 0.717) is 16.6 Å². The molecule has 0 aromatic heterocycles. The fourth-order valence-electron chi connectivity index (χ4n) is 3.92. The maximum absolute atomic E-state index is 12.9. The lowest BCUT2D eigenvalue weighted by atomic mass is 9.96. The molecule has 2 aromatic rings. The largest absolute Gasteiger partial charge is 0.325 e. The molecule has 1 saturated heterocycles. The fraction of sp³-hybridized carbons (Fsp3) is 0.409. The van der Waals surface area contributed by atoms with Crippen molar-refractivity contribution in [3.63, 3.8) is 0 Å². The van der Waals surface area contributed by atoms with E-state index in [4.69, 9.17) is 23.2 Å². The highest BCUT2D eigenvalue weighted by Gasteiger charge is 2.27. The summed E-state index contributed by atoms with van der Waals surface area (Å²) in [6.45, 7) is 8.50. The molecule has 1 amide bonds. The lowest BCUT2D eigenvalue weighted by Crippen LogP contribution is -2.40. The molecule has 0 radical (unpaired) electrons. The standard InChI is InChI=1S/C22H26Cl2N2O/c1-14-10-15(2)21(16(3)11-14)25-22(27)17-6-5-9-26(12-17)13-18-19(23)7-4-8-20(18)24/h4,7-8,10-11,17H,5-6,9,12-13H2,1-3H3,(H,25,27)/t17-/m1/s1. The first-order chi connectivity index (χ1) is 12.8. The Bertz CT molecular complexity index is 807. The van der Waals surface area contributed by atoms with Gasteiger partial charge in [0, 0.05) is 34.4 Å². The Morgan fingerprint density at radius 3 is 2.41 bits per heavy atom. The van der Waals surface area contributed by atoms with Gasteiger partial charge in [0.05, 0.1) is 5.92 Å². The first-order valence-electron chi connectivity index (χ1n) is 9.39. The van der Waals surface area contributed by atoms with Gasteiger partial charge in [-0.05, 0) is 63.4 Å². The Morgan fingerprint density at radius 1 is 1.15 bits per heavy atom. The molecule has 1 N–H and O–H groups in total. The van der Waals surface area contributed by atoms with Gasteiger partial charge in [-0.25, -0.2) is 0 Å². The number of benzene rings is 2. The zero-order chi connectivity index (χ0) is 19.6. The van der Waals surface area contributed by atoms with Crippen molar-refractivity contribution in [1.29, 1.82) is 0 Å². The maximum atomic E-state index is 12.9. The van der Waals surface area contributed by atoms with Crippen molar-refractivity contribution >= 4 is 34.8 Å². The molecule has 0 spiro atoms. The Labute approximate surface area is 171 Å². The number of likely N-dealkylation sites (tertiary alicyclic amines) is 1.